The summed E-state index contributed by atoms with van der Waals surface area (Å²) < 4.78 is 5.21. The number of hydrogen-bond donors (Lipinski definition) is 1. The predicted octanol–water partition coefficient (Wildman–Crippen LogP) is 1.27. The monoisotopic (exact) mass is 226 g/mol. The highest BCUT2D eigenvalue weighted by atomic mass is 16.6. The third kappa shape index (κ3) is 3.38. The predicted molar refractivity (Wildman–Crippen MR) is 57.6 cm³/mol. The van der Waals surface area contributed by atoms with Crippen LogP contribution in [0.2, 0.25) is 0 Å². The van der Waals surface area contributed by atoms with Crippen molar-refractivity contribution in [2.45, 2.75) is 51.4 Å². The number of hydrogen-bond acceptors (Lipinski definition) is 4. The molecule has 0 unspecified atom stereocenters. The van der Waals surface area contributed by atoms with Crippen LogP contribution in [0.5, 0.6) is 0 Å². The molecule has 1 heterocycles. The van der Waals surface area contributed by atoms with Crippen LogP contribution in [0.15, 0.2) is 0 Å². The summed E-state index contributed by atoms with van der Waals surface area (Å²) in [5, 5.41) is 18.1. The molecule has 0 spiro atoms. The molecule has 2 atom stereocenters. The van der Waals surface area contributed by atoms with E-state index in [1.807, 2.05) is 6.07 Å². The van der Waals surface area contributed by atoms with Crippen molar-refractivity contribution < 1.29 is 14.6 Å². The highest BCUT2D eigenvalue weighted by molar-refractivity contribution is 5.69. The average molecular weight is 226 g/mol. The Kier molecular flexibility index (Phi) is 3.76. The SMILES string of the molecule is CC(C)(C)OC(=O)N1C[C@H](O)C[C@H]1CC#N. The van der Waals surface area contributed by atoms with E-state index >= 15 is 0 Å². The smallest absolute Gasteiger partial charge is 0.410 e. The van der Waals surface area contributed by atoms with Crippen molar-refractivity contribution in [1.82, 2.24) is 4.90 Å². The summed E-state index contributed by atoms with van der Waals surface area (Å²) in [5.41, 5.74) is -0.554. The van der Waals surface area contributed by atoms with Crippen LogP contribution in [0.1, 0.15) is 33.6 Å². The third-order valence-corrected chi connectivity index (χ3v) is 2.35. The van der Waals surface area contributed by atoms with E-state index in [1.54, 1.807) is 20.8 Å². The van der Waals surface area contributed by atoms with E-state index in [2.05, 4.69) is 0 Å². The van der Waals surface area contributed by atoms with Gasteiger partial charge in [-0.1, -0.05) is 0 Å². The maximum absolute atomic E-state index is 11.8. The first-order valence-corrected chi connectivity index (χ1v) is 5.38. The van der Waals surface area contributed by atoms with Crippen molar-refractivity contribution in [2.75, 3.05) is 6.54 Å². The Morgan fingerprint density at radius 1 is 1.62 bits per heavy atom. The molecule has 1 aliphatic rings. The minimum Gasteiger partial charge on any atom is -0.444 e. The molecule has 5 heteroatoms. The standard InChI is InChI=1S/C11H18N2O3/c1-11(2,3)16-10(15)13-7-9(14)6-8(13)4-5-12/h8-9,14H,4,6-7H2,1-3H3/t8-,9-/m1/s1. The fourth-order valence-electron chi connectivity index (χ4n) is 1.74. The minimum atomic E-state index is -0.554. The molecule has 1 saturated heterocycles. The number of nitrogens with zero attached hydrogens (tertiary/aromatic N) is 2. The number of β-amino-alcohol motifs (C(OH)–C–C–N with tert-alkyl or cyclic N) is 1. The molecule has 0 saturated carbocycles. The zero-order chi connectivity index (χ0) is 12.3. The van der Waals surface area contributed by atoms with E-state index in [0.717, 1.165) is 0 Å². The lowest BCUT2D eigenvalue weighted by atomic mass is 10.1. The minimum absolute atomic E-state index is 0.227. The van der Waals surface area contributed by atoms with Crippen LogP contribution in [0, 0.1) is 11.3 Å². The summed E-state index contributed by atoms with van der Waals surface area (Å²) >= 11 is 0. The molecule has 1 amide bonds. The molecule has 0 aromatic rings. The van der Waals surface area contributed by atoms with Crippen LogP contribution in [0.25, 0.3) is 0 Å². The van der Waals surface area contributed by atoms with Gasteiger partial charge in [-0.3, -0.25) is 0 Å². The number of aliphatic hydroxyl groups is 1. The third-order valence-electron chi connectivity index (χ3n) is 2.35. The number of ether oxygens (including phenoxy) is 1. The number of rotatable bonds is 1. The zero-order valence-corrected chi connectivity index (χ0v) is 9.93. The molecular formula is C11H18N2O3. The van der Waals surface area contributed by atoms with Crippen molar-refractivity contribution in [3.05, 3.63) is 0 Å². The van der Waals surface area contributed by atoms with Gasteiger partial charge in [-0.15, -0.1) is 0 Å². The summed E-state index contributed by atoms with van der Waals surface area (Å²) in [6.45, 7) is 5.62. The Balaban J connectivity index is 2.64. The first kappa shape index (κ1) is 12.8. The summed E-state index contributed by atoms with van der Waals surface area (Å²) in [5.74, 6) is 0. The molecule has 90 valence electrons. The lowest BCUT2D eigenvalue weighted by Gasteiger charge is -2.27. The highest BCUT2D eigenvalue weighted by Crippen LogP contribution is 2.22. The number of nitriles is 1. The van der Waals surface area contributed by atoms with Crippen LogP contribution in [-0.4, -0.2) is 40.4 Å². The van der Waals surface area contributed by atoms with E-state index in [4.69, 9.17) is 10.00 Å². The van der Waals surface area contributed by atoms with Gasteiger partial charge in [-0.05, 0) is 27.2 Å². The van der Waals surface area contributed by atoms with Crippen LogP contribution in [0.4, 0.5) is 4.79 Å². The number of carbonyl (C=O) groups excluding carboxylic acids is 1. The van der Waals surface area contributed by atoms with Crippen LogP contribution in [-0.2, 0) is 4.74 Å². The molecule has 0 aromatic heterocycles. The van der Waals surface area contributed by atoms with Gasteiger partial charge in [0.25, 0.3) is 0 Å². The number of aliphatic hydroxyl groups excluding tert-OH is 1. The summed E-state index contributed by atoms with van der Waals surface area (Å²) in [6.07, 6.45) is -0.321. The quantitative estimate of drug-likeness (QED) is 0.730. The van der Waals surface area contributed by atoms with Crippen molar-refractivity contribution >= 4 is 6.09 Å². The van der Waals surface area contributed by atoms with Crippen molar-refractivity contribution in [3.8, 4) is 6.07 Å². The van der Waals surface area contributed by atoms with Crippen molar-refractivity contribution in [3.63, 3.8) is 0 Å². The number of carbonyl (C=O) groups is 1. The Morgan fingerprint density at radius 2 is 2.25 bits per heavy atom. The second-order valence-electron chi connectivity index (χ2n) is 5.04. The zero-order valence-electron chi connectivity index (χ0n) is 9.93. The highest BCUT2D eigenvalue weighted by Gasteiger charge is 2.36. The van der Waals surface area contributed by atoms with Gasteiger partial charge < -0.3 is 14.7 Å². The van der Waals surface area contributed by atoms with Gasteiger partial charge in [0, 0.05) is 0 Å². The second-order valence-corrected chi connectivity index (χ2v) is 5.04. The van der Waals surface area contributed by atoms with Gasteiger partial charge in [0.1, 0.15) is 5.60 Å². The number of amides is 1. The topological polar surface area (TPSA) is 73.6 Å². The number of likely N-dealkylation sites (tertiary alicyclic amines) is 1. The Labute approximate surface area is 95.6 Å². The van der Waals surface area contributed by atoms with Crippen LogP contribution < -0.4 is 0 Å². The maximum atomic E-state index is 11.8. The van der Waals surface area contributed by atoms with Gasteiger partial charge in [0.15, 0.2) is 0 Å². The van der Waals surface area contributed by atoms with Gasteiger partial charge in [0.05, 0.1) is 31.2 Å². The first-order valence-electron chi connectivity index (χ1n) is 5.38. The first-order chi connectivity index (χ1) is 7.33. The molecule has 5 nitrogen and oxygen atoms in total. The molecule has 1 aliphatic heterocycles. The molecular weight excluding hydrogens is 208 g/mol. The van der Waals surface area contributed by atoms with Crippen LogP contribution >= 0.6 is 0 Å². The Morgan fingerprint density at radius 3 is 2.75 bits per heavy atom. The maximum Gasteiger partial charge on any atom is 0.410 e. The van der Waals surface area contributed by atoms with Gasteiger partial charge >= 0.3 is 6.09 Å². The molecule has 0 radical (unpaired) electrons. The lowest BCUT2D eigenvalue weighted by molar-refractivity contribution is 0.0211. The summed E-state index contributed by atoms with van der Waals surface area (Å²) in [7, 11) is 0. The van der Waals surface area contributed by atoms with E-state index < -0.39 is 17.8 Å². The lowest BCUT2D eigenvalue weighted by Crippen LogP contribution is -2.40. The van der Waals surface area contributed by atoms with E-state index in [1.165, 1.54) is 4.90 Å². The average Bonchev–Trinajstić information content (AvgIpc) is 2.44. The van der Waals surface area contributed by atoms with Gasteiger partial charge in [0.2, 0.25) is 0 Å². The summed E-state index contributed by atoms with van der Waals surface area (Å²) in [4.78, 5) is 13.2. The van der Waals surface area contributed by atoms with Crippen LogP contribution in [0.3, 0.4) is 0 Å². The normalized spacial score (nSPS) is 25.3. The molecule has 0 bridgehead atoms. The van der Waals surface area contributed by atoms with Gasteiger partial charge in [-0.25, -0.2) is 4.79 Å². The fraction of sp³-hybridized carbons (Fsp3) is 0.818. The molecule has 16 heavy (non-hydrogen) atoms. The second kappa shape index (κ2) is 4.71. The Bertz CT molecular complexity index is 303. The molecule has 1 fully saturated rings. The largest absolute Gasteiger partial charge is 0.444 e. The van der Waals surface area contributed by atoms with E-state index in [9.17, 15) is 9.90 Å². The van der Waals surface area contributed by atoms with Crippen molar-refractivity contribution in [1.29, 1.82) is 5.26 Å². The fourth-order valence-corrected chi connectivity index (χ4v) is 1.74. The Hall–Kier alpha value is -1.28. The molecule has 1 N–H and O–H groups in total. The summed E-state index contributed by atoms with van der Waals surface area (Å²) in [6, 6.07) is 1.79. The molecule has 0 aromatic carbocycles. The van der Waals surface area contributed by atoms with Crippen molar-refractivity contribution in [2.24, 2.45) is 0 Å². The molecule has 0 aliphatic carbocycles. The van der Waals surface area contributed by atoms with E-state index in [-0.39, 0.29) is 19.0 Å². The van der Waals surface area contributed by atoms with E-state index in [0.29, 0.717) is 6.42 Å². The molecule has 1 rings (SSSR count). The van der Waals surface area contributed by atoms with Gasteiger partial charge in [-0.2, -0.15) is 5.26 Å².